The molecule has 0 radical (unpaired) electrons. The van der Waals surface area contributed by atoms with Gasteiger partial charge in [-0.15, -0.1) is 0 Å². The van der Waals surface area contributed by atoms with Crippen LogP contribution < -0.4 is 41.8 Å². The number of nitrogens with one attached hydrogen (secondary N) is 7. The summed E-state index contributed by atoms with van der Waals surface area (Å²) in [6.45, 7) is 10.8. The highest BCUT2D eigenvalue weighted by atomic mass is 79.9. The first-order chi connectivity index (χ1) is 34.6. The predicted molar refractivity (Wildman–Crippen MR) is 280 cm³/mol. The van der Waals surface area contributed by atoms with Gasteiger partial charge in [0.2, 0.25) is 21.8 Å². The lowest BCUT2D eigenvalue weighted by Gasteiger charge is -2.20. The standard InChI is InChI=1S/C50H59BrN12O9S/c1-29(2)23-43(64)60-40(11-8-20-53-48(52)67)47(66)58-32-14-12-31(13-15-32)28-72-49(68)54-21-22-71-34-25-41-37(56-26-34)18-19-39(59-41)45-44(38-10-7-9-30(3)57-38)61-42(62-45)27-55-33-16-17-36(51)35(24-33)46(65)63-73(69,70)50(4,5)6/h7,9-10,12-19,24-26,29,40,55H,8,11,20-23,27-28H2,1-6H3,(H,54,68)(H,58,66)(H,60,64)(H,61,62)(H,63,65)(H3,52,53,67). The van der Waals surface area contributed by atoms with E-state index in [9.17, 15) is 32.4 Å². The molecule has 0 saturated heterocycles. The van der Waals surface area contributed by atoms with E-state index in [0.29, 0.717) is 73.2 Å². The minimum atomic E-state index is -3.95. The first kappa shape index (κ1) is 54.7. The molecule has 0 bridgehead atoms. The van der Waals surface area contributed by atoms with Gasteiger partial charge >= 0.3 is 12.1 Å². The highest BCUT2D eigenvalue weighted by Gasteiger charge is 2.31. The van der Waals surface area contributed by atoms with Crippen molar-refractivity contribution in [1.29, 1.82) is 0 Å². The normalized spacial score (nSPS) is 11.9. The molecule has 21 nitrogen and oxygen atoms in total. The molecule has 73 heavy (non-hydrogen) atoms. The van der Waals surface area contributed by atoms with Crippen LogP contribution in [0.3, 0.4) is 0 Å². The molecule has 23 heteroatoms. The average Bonchev–Trinajstić information content (AvgIpc) is 3.76. The van der Waals surface area contributed by atoms with Gasteiger partial charge in [0.1, 0.15) is 36.5 Å². The number of anilines is 2. The smallest absolute Gasteiger partial charge is 0.407 e. The second kappa shape index (κ2) is 24.6. The lowest BCUT2D eigenvalue weighted by Crippen LogP contribution is -2.44. The number of imidazole rings is 1. The molecular formula is C50H59BrN12O9S. The van der Waals surface area contributed by atoms with Crippen LogP contribution in [-0.2, 0) is 37.5 Å². The SMILES string of the molecule is Cc1cccc(-c2nc(CNc3ccc(Br)c(C(=O)NS(=O)(=O)C(C)(C)C)c3)[nH]c2-c2ccc3ncc(OCCNC(=O)OCc4ccc(NC(=O)C(CCCNC(N)=O)NC(=O)CC(C)C)cc4)cc3n2)n1. The minimum absolute atomic E-state index is 0.0414. The molecule has 1 unspecified atom stereocenters. The Morgan fingerprint density at radius 3 is 2.33 bits per heavy atom. The van der Waals surface area contributed by atoms with Crippen LogP contribution >= 0.6 is 15.9 Å². The van der Waals surface area contributed by atoms with Crippen molar-refractivity contribution in [1.82, 2.24) is 45.6 Å². The molecular weight excluding hydrogens is 1020 g/mol. The third-order valence-electron chi connectivity index (χ3n) is 10.8. The van der Waals surface area contributed by atoms with Crippen molar-refractivity contribution in [3.05, 3.63) is 112 Å². The quantitative estimate of drug-likeness (QED) is 0.0323. The monoisotopic (exact) mass is 1080 g/mol. The van der Waals surface area contributed by atoms with Crippen LogP contribution in [0.1, 0.15) is 81.3 Å². The summed E-state index contributed by atoms with van der Waals surface area (Å²) in [5.74, 6) is -0.394. The molecule has 0 saturated carbocycles. The molecule has 4 aromatic heterocycles. The lowest BCUT2D eigenvalue weighted by atomic mass is 10.1. The highest BCUT2D eigenvalue weighted by molar-refractivity contribution is 9.10. The molecule has 4 heterocycles. The zero-order chi connectivity index (χ0) is 52.9. The number of nitrogens with zero attached hydrogens (tertiary/aromatic N) is 4. The molecule has 6 rings (SSSR count). The van der Waals surface area contributed by atoms with Crippen molar-refractivity contribution >= 4 is 78.2 Å². The van der Waals surface area contributed by atoms with Crippen LogP contribution in [0, 0.1) is 12.8 Å². The molecule has 9 N–H and O–H groups in total. The van der Waals surface area contributed by atoms with Crippen molar-refractivity contribution in [3.8, 4) is 28.5 Å². The van der Waals surface area contributed by atoms with Gasteiger partial charge in [-0.05, 0) is 123 Å². The molecule has 0 aliphatic rings. The van der Waals surface area contributed by atoms with E-state index < -0.39 is 44.8 Å². The van der Waals surface area contributed by atoms with Gasteiger partial charge in [0.05, 0.1) is 57.7 Å². The maximum absolute atomic E-state index is 13.1. The van der Waals surface area contributed by atoms with E-state index in [2.05, 4.69) is 57.2 Å². The Hall–Kier alpha value is -7.66. The van der Waals surface area contributed by atoms with Crippen LogP contribution in [0.2, 0.25) is 0 Å². The Kier molecular flexibility index (Phi) is 18.5. The summed E-state index contributed by atoms with van der Waals surface area (Å²) in [7, 11) is -3.95. The number of benzene rings is 2. The zero-order valence-corrected chi connectivity index (χ0v) is 43.6. The Balaban J connectivity index is 1.03. The van der Waals surface area contributed by atoms with E-state index in [0.717, 1.165) is 5.69 Å². The van der Waals surface area contributed by atoms with Crippen LogP contribution in [0.15, 0.2) is 89.5 Å². The van der Waals surface area contributed by atoms with Gasteiger partial charge in [0.25, 0.3) is 5.91 Å². The van der Waals surface area contributed by atoms with Gasteiger partial charge in [-0.2, -0.15) is 0 Å². The largest absolute Gasteiger partial charge is 0.490 e. The summed E-state index contributed by atoms with van der Waals surface area (Å²) in [5.41, 5.74) is 11.2. The van der Waals surface area contributed by atoms with Crippen LogP contribution in [0.25, 0.3) is 33.8 Å². The molecule has 386 valence electrons. The Morgan fingerprint density at radius 2 is 1.62 bits per heavy atom. The van der Waals surface area contributed by atoms with Crippen molar-refractivity contribution in [2.75, 3.05) is 30.3 Å². The van der Waals surface area contributed by atoms with Crippen molar-refractivity contribution in [2.45, 2.75) is 84.7 Å². The number of aromatic nitrogens is 5. The van der Waals surface area contributed by atoms with Gasteiger partial charge < -0.3 is 46.8 Å². The summed E-state index contributed by atoms with van der Waals surface area (Å²) in [5, 5.41) is 14.0. The second-order valence-electron chi connectivity index (χ2n) is 18.3. The topological polar surface area (TPSA) is 303 Å². The first-order valence-electron chi connectivity index (χ1n) is 23.3. The number of sulfonamides is 1. The molecule has 0 aliphatic carbocycles. The summed E-state index contributed by atoms with van der Waals surface area (Å²) >= 11 is 3.36. The van der Waals surface area contributed by atoms with E-state index in [1.165, 1.54) is 20.8 Å². The molecule has 6 amide bonds. The van der Waals surface area contributed by atoms with E-state index in [4.69, 9.17) is 30.2 Å². The van der Waals surface area contributed by atoms with E-state index >= 15 is 0 Å². The number of urea groups is 1. The molecule has 2 aromatic carbocycles. The number of aromatic amines is 1. The third-order valence-corrected chi connectivity index (χ3v) is 13.6. The third kappa shape index (κ3) is 15.9. The molecule has 1 atom stereocenters. The number of fused-ring (bicyclic) bond motifs is 1. The number of halogens is 1. The van der Waals surface area contributed by atoms with Gasteiger partial charge in [0.15, 0.2) is 0 Å². The number of primary amides is 1. The number of ether oxygens (including phenoxy) is 2. The number of pyridine rings is 3. The Labute approximate surface area is 431 Å². The van der Waals surface area contributed by atoms with Crippen molar-refractivity contribution in [2.24, 2.45) is 11.7 Å². The maximum Gasteiger partial charge on any atom is 0.407 e. The van der Waals surface area contributed by atoms with E-state index in [-0.39, 0.29) is 63.1 Å². The number of alkyl carbamates (subject to hydrolysis) is 1. The van der Waals surface area contributed by atoms with E-state index in [1.807, 2.05) is 51.1 Å². The number of hydrogen-bond acceptors (Lipinski definition) is 14. The van der Waals surface area contributed by atoms with Gasteiger partial charge in [-0.1, -0.05) is 32.0 Å². The van der Waals surface area contributed by atoms with Crippen LogP contribution in [0.5, 0.6) is 5.75 Å². The first-order valence-corrected chi connectivity index (χ1v) is 25.6. The Bertz CT molecular complexity index is 3070. The number of H-pyrrole nitrogens is 1. The number of carbonyl (C=O) groups excluding carboxylic acids is 5. The van der Waals surface area contributed by atoms with Crippen molar-refractivity contribution < 1.29 is 41.9 Å². The molecule has 6 aromatic rings. The zero-order valence-electron chi connectivity index (χ0n) is 41.2. The Morgan fingerprint density at radius 1 is 0.863 bits per heavy atom. The van der Waals surface area contributed by atoms with Crippen LogP contribution in [-0.4, -0.2) is 93.7 Å². The second-order valence-corrected chi connectivity index (χ2v) is 21.6. The van der Waals surface area contributed by atoms with Crippen LogP contribution in [0.4, 0.5) is 21.0 Å². The minimum Gasteiger partial charge on any atom is -0.490 e. The molecule has 0 fully saturated rings. The summed E-state index contributed by atoms with van der Waals surface area (Å²) in [6.07, 6.45) is 1.85. The number of amides is 6. The molecule has 0 aliphatic heterocycles. The fourth-order valence-corrected chi connectivity index (χ4v) is 8.02. The predicted octanol–water partition coefficient (Wildman–Crippen LogP) is 6.85. The summed E-state index contributed by atoms with van der Waals surface area (Å²) in [4.78, 5) is 84.7. The van der Waals surface area contributed by atoms with Crippen molar-refractivity contribution in [3.63, 3.8) is 0 Å². The lowest BCUT2D eigenvalue weighted by molar-refractivity contribution is -0.127. The number of carbonyl (C=O) groups is 5. The number of hydrogen-bond donors (Lipinski definition) is 8. The maximum atomic E-state index is 13.1. The fraction of sp³-hybridized carbons (Fsp3) is 0.340. The average molecular weight is 1080 g/mol. The summed E-state index contributed by atoms with van der Waals surface area (Å²) < 4.78 is 38.1. The van der Waals surface area contributed by atoms with Gasteiger partial charge in [-0.25, -0.2) is 32.7 Å². The fourth-order valence-electron chi connectivity index (χ4n) is 6.93. The highest BCUT2D eigenvalue weighted by Crippen LogP contribution is 2.31. The van der Waals surface area contributed by atoms with Gasteiger partial charge in [0, 0.05) is 40.6 Å². The molecule has 0 spiro atoms. The number of nitrogens with two attached hydrogens (primary N) is 1. The number of aryl methyl sites for hydroxylation is 1. The summed E-state index contributed by atoms with van der Waals surface area (Å²) in [6, 6.07) is 21.2. The van der Waals surface area contributed by atoms with E-state index in [1.54, 1.807) is 54.7 Å². The van der Waals surface area contributed by atoms with Gasteiger partial charge in [-0.3, -0.25) is 24.4 Å². The number of rotatable bonds is 22.